The first-order valence-corrected chi connectivity index (χ1v) is 12.0. The number of unbranched alkanes of at least 4 members (excludes halogenated alkanes) is 2. The second-order valence-corrected chi connectivity index (χ2v) is 9.74. The largest absolute Gasteiger partial charge is 0.293 e. The van der Waals surface area contributed by atoms with Crippen LogP contribution in [-0.4, -0.2) is 42.3 Å². The number of rotatable bonds is 8. The van der Waals surface area contributed by atoms with Crippen molar-refractivity contribution in [2.75, 3.05) is 6.54 Å². The van der Waals surface area contributed by atoms with E-state index in [1.807, 2.05) is 42.5 Å². The second-order valence-electron chi connectivity index (χ2n) is 7.22. The predicted molar refractivity (Wildman–Crippen MR) is 134 cm³/mol. The normalized spacial score (nSPS) is 15.2. The lowest BCUT2D eigenvalue weighted by Crippen LogP contribution is -2.29. The van der Waals surface area contributed by atoms with Gasteiger partial charge in [-0.15, -0.1) is 10.2 Å². The minimum atomic E-state index is -0.0481. The fraction of sp³-hybridized carbons (Fsp3) is 0.227. The summed E-state index contributed by atoms with van der Waals surface area (Å²) in [6.07, 6.45) is 5.40. The summed E-state index contributed by atoms with van der Waals surface area (Å²) in [6.45, 7) is 0.606. The van der Waals surface area contributed by atoms with Crippen LogP contribution in [-0.2, 0) is 11.2 Å². The number of aromatic amines is 1. The molecule has 2 heterocycles. The first kappa shape index (κ1) is 22.9. The van der Waals surface area contributed by atoms with Crippen LogP contribution in [0.15, 0.2) is 47.4 Å². The minimum Gasteiger partial charge on any atom is -0.293 e. The van der Waals surface area contributed by atoms with Gasteiger partial charge in [0, 0.05) is 28.6 Å². The summed E-state index contributed by atoms with van der Waals surface area (Å²) in [5, 5.41) is 15.1. The zero-order chi connectivity index (χ0) is 22.5. The average Bonchev–Trinajstić information content (AvgIpc) is 3.37. The Kier molecular flexibility index (Phi) is 7.57. The number of nitrogens with zero attached hydrogens (tertiary/aromatic N) is 4. The molecule has 0 radical (unpaired) electrons. The third-order valence-electron chi connectivity index (χ3n) is 4.97. The Labute approximate surface area is 205 Å². The molecular formula is C22H19Cl2N5OS2. The molecule has 1 saturated heterocycles. The molecule has 1 N–H and O–H groups in total. The molecule has 6 nitrogen and oxygen atoms in total. The third kappa shape index (κ3) is 5.56. The summed E-state index contributed by atoms with van der Waals surface area (Å²) < 4.78 is 0.594. The summed E-state index contributed by atoms with van der Waals surface area (Å²) in [4.78, 5) is 15.2. The van der Waals surface area contributed by atoms with E-state index in [0.717, 1.165) is 42.4 Å². The van der Waals surface area contributed by atoms with Gasteiger partial charge in [-0.05, 0) is 48.2 Å². The Bertz CT molecular complexity index is 1170. The smallest absolute Gasteiger partial charge is 0.266 e. The van der Waals surface area contributed by atoms with Crippen LogP contribution in [0.4, 0.5) is 0 Å². The highest BCUT2D eigenvalue weighted by Crippen LogP contribution is 2.34. The monoisotopic (exact) mass is 503 g/mol. The molecule has 10 heteroatoms. The molecule has 1 fully saturated rings. The van der Waals surface area contributed by atoms with Crippen LogP contribution in [0.25, 0.3) is 17.2 Å². The van der Waals surface area contributed by atoms with Crippen molar-refractivity contribution in [2.45, 2.75) is 25.7 Å². The van der Waals surface area contributed by atoms with Crippen LogP contribution in [0.2, 0.25) is 10.0 Å². The number of carbonyl (C=O) groups excluding carboxylic acids is 1. The van der Waals surface area contributed by atoms with Crippen molar-refractivity contribution in [1.82, 2.24) is 25.5 Å². The predicted octanol–water partition coefficient (Wildman–Crippen LogP) is 5.79. The molecule has 1 aromatic heterocycles. The SMILES string of the molecule is O=C1/C(=C/c2cccc(-c3ccc(Cl)cc3Cl)c2)SC(=S)N1CCCCCc1nn[nH]n1. The molecule has 0 unspecified atom stereocenters. The molecule has 0 spiro atoms. The first-order chi connectivity index (χ1) is 15.5. The molecule has 0 atom stereocenters. The summed E-state index contributed by atoms with van der Waals surface area (Å²) >= 11 is 19.2. The van der Waals surface area contributed by atoms with E-state index in [4.69, 9.17) is 35.4 Å². The zero-order valence-electron chi connectivity index (χ0n) is 16.9. The number of aromatic nitrogens is 4. The maximum absolute atomic E-state index is 12.9. The highest BCUT2D eigenvalue weighted by Gasteiger charge is 2.31. The molecular weight excluding hydrogens is 485 g/mol. The number of benzene rings is 2. The number of carbonyl (C=O) groups is 1. The Morgan fingerprint density at radius 1 is 1.12 bits per heavy atom. The van der Waals surface area contributed by atoms with Gasteiger partial charge in [-0.3, -0.25) is 9.69 Å². The van der Waals surface area contributed by atoms with Crippen molar-refractivity contribution in [3.63, 3.8) is 0 Å². The van der Waals surface area contributed by atoms with E-state index in [2.05, 4.69) is 20.6 Å². The number of thiocarbonyl (C=S) groups is 1. The Morgan fingerprint density at radius 2 is 2.00 bits per heavy atom. The van der Waals surface area contributed by atoms with E-state index in [1.165, 1.54) is 11.8 Å². The molecule has 2 aromatic carbocycles. The van der Waals surface area contributed by atoms with Crippen LogP contribution in [0.1, 0.15) is 30.7 Å². The van der Waals surface area contributed by atoms with Crippen LogP contribution < -0.4 is 0 Å². The van der Waals surface area contributed by atoms with Gasteiger partial charge in [-0.1, -0.05) is 83.1 Å². The molecule has 4 rings (SSSR count). The maximum Gasteiger partial charge on any atom is 0.266 e. The van der Waals surface area contributed by atoms with E-state index in [0.29, 0.717) is 31.6 Å². The van der Waals surface area contributed by atoms with E-state index < -0.39 is 0 Å². The average molecular weight is 504 g/mol. The summed E-state index contributed by atoms with van der Waals surface area (Å²) in [5.41, 5.74) is 2.76. The highest BCUT2D eigenvalue weighted by atomic mass is 35.5. The van der Waals surface area contributed by atoms with Gasteiger partial charge in [-0.2, -0.15) is 5.21 Å². The number of nitrogens with one attached hydrogen (secondary N) is 1. The van der Waals surface area contributed by atoms with E-state index >= 15 is 0 Å². The Balaban J connectivity index is 1.39. The van der Waals surface area contributed by atoms with Gasteiger partial charge < -0.3 is 0 Å². The molecule has 32 heavy (non-hydrogen) atoms. The summed E-state index contributed by atoms with van der Waals surface area (Å²) in [6, 6.07) is 13.3. The Morgan fingerprint density at radius 3 is 2.78 bits per heavy atom. The zero-order valence-corrected chi connectivity index (χ0v) is 20.1. The van der Waals surface area contributed by atoms with Crippen LogP contribution in [0.5, 0.6) is 0 Å². The number of amides is 1. The Hall–Kier alpha value is -2.26. The number of tetrazole rings is 1. The van der Waals surface area contributed by atoms with Gasteiger partial charge in [0.2, 0.25) is 0 Å². The van der Waals surface area contributed by atoms with Crippen LogP contribution in [0, 0.1) is 0 Å². The molecule has 1 aliphatic heterocycles. The van der Waals surface area contributed by atoms with Crippen molar-refractivity contribution in [1.29, 1.82) is 0 Å². The lowest BCUT2D eigenvalue weighted by Gasteiger charge is -2.13. The fourth-order valence-corrected chi connectivity index (χ4v) is 5.21. The van der Waals surface area contributed by atoms with Gasteiger partial charge in [0.25, 0.3) is 5.91 Å². The quantitative estimate of drug-likeness (QED) is 0.238. The molecule has 164 valence electrons. The lowest BCUT2D eigenvalue weighted by molar-refractivity contribution is -0.122. The molecule has 0 saturated carbocycles. The summed E-state index contributed by atoms with van der Waals surface area (Å²) in [5.74, 6) is 0.661. The van der Waals surface area contributed by atoms with Crippen molar-refractivity contribution in [3.05, 3.63) is 68.8 Å². The van der Waals surface area contributed by atoms with Gasteiger partial charge >= 0.3 is 0 Å². The number of hydrogen-bond acceptors (Lipinski definition) is 6. The molecule has 3 aromatic rings. The van der Waals surface area contributed by atoms with Crippen molar-refractivity contribution in [3.8, 4) is 11.1 Å². The van der Waals surface area contributed by atoms with Crippen LogP contribution >= 0.6 is 47.2 Å². The summed E-state index contributed by atoms with van der Waals surface area (Å²) in [7, 11) is 0. The van der Waals surface area contributed by atoms with Gasteiger partial charge in [0.1, 0.15) is 4.32 Å². The fourth-order valence-electron chi connectivity index (χ4n) is 3.38. The van der Waals surface area contributed by atoms with Crippen molar-refractivity contribution >= 4 is 63.5 Å². The highest BCUT2D eigenvalue weighted by molar-refractivity contribution is 8.26. The first-order valence-electron chi connectivity index (χ1n) is 10.0. The number of H-pyrrole nitrogens is 1. The van der Waals surface area contributed by atoms with E-state index in [1.54, 1.807) is 11.0 Å². The minimum absolute atomic E-state index is 0.0481. The number of thioether (sulfide) groups is 1. The lowest BCUT2D eigenvalue weighted by atomic mass is 10.0. The molecule has 1 amide bonds. The third-order valence-corrected chi connectivity index (χ3v) is 6.90. The van der Waals surface area contributed by atoms with E-state index in [9.17, 15) is 4.79 Å². The van der Waals surface area contributed by atoms with Crippen molar-refractivity contribution in [2.24, 2.45) is 0 Å². The van der Waals surface area contributed by atoms with Crippen LogP contribution in [0.3, 0.4) is 0 Å². The molecule has 1 aliphatic rings. The van der Waals surface area contributed by atoms with Gasteiger partial charge in [-0.25, -0.2) is 0 Å². The van der Waals surface area contributed by atoms with Crippen molar-refractivity contribution < 1.29 is 4.79 Å². The topological polar surface area (TPSA) is 74.8 Å². The second kappa shape index (κ2) is 10.6. The standard InChI is InChI=1S/C22H19Cl2N5OS2/c23-16-8-9-17(18(24)13-16)15-6-4-5-14(11-15)12-19-21(30)29(22(31)32-19)10-3-1-2-7-20-25-27-28-26-20/h4-6,8-9,11-13H,1-3,7,10H2,(H,25,26,27,28)/b19-12-. The molecule has 0 bridgehead atoms. The maximum atomic E-state index is 12.9. The van der Waals surface area contributed by atoms with Gasteiger partial charge in [0.15, 0.2) is 5.82 Å². The number of hydrogen-bond donors (Lipinski definition) is 1. The van der Waals surface area contributed by atoms with E-state index in [-0.39, 0.29) is 5.91 Å². The number of aryl methyl sites for hydroxylation is 1. The van der Waals surface area contributed by atoms with Gasteiger partial charge in [0.05, 0.1) is 4.91 Å². The number of halogens is 2. The molecule has 0 aliphatic carbocycles.